The number of carbonyl (C=O) groups excluding carboxylic acids is 1. The highest BCUT2D eigenvalue weighted by Crippen LogP contribution is 2.14. The monoisotopic (exact) mass is 293 g/mol. The van der Waals surface area contributed by atoms with Crippen LogP contribution in [0.25, 0.3) is 5.69 Å². The number of hydrogen-bond donors (Lipinski definition) is 2. The number of halogens is 1. The Morgan fingerprint density at radius 2 is 2.15 bits per heavy atom. The van der Waals surface area contributed by atoms with E-state index in [0.717, 1.165) is 25.1 Å². The quantitative estimate of drug-likeness (QED) is 0.897. The van der Waals surface area contributed by atoms with E-state index in [1.807, 2.05) is 30.3 Å². The van der Waals surface area contributed by atoms with Crippen molar-refractivity contribution in [3.63, 3.8) is 0 Å². The van der Waals surface area contributed by atoms with Gasteiger partial charge < -0.3 is 5.32 Å². The van der Waals surface area contributed by atoms with E-state index in [1.54, 1.807) is 10.9 Å². The van der Waals surface area contributed by atoms with Crippen LogP contribution >= 0.6 is 12.4 Å². The number of aromatic nitrogens is 3. The van der Waals surface area contributed by atoms with E-state index in [-0.39, 0.29) is 24.4 Å². The van der Waals surface area contributed by atoms with Gasteiger partial charge in [-0.05, 0) is 31.5 Å². The second-order valence-corrected chi connectivity index (χ2v) is 4.50. The van der Waals surface area contributed by atoms with Crippen LogP contribution in [0.5, 0.6) is 0 Å². The summed E-state index contributed by atoms with van der Waals surface area (Å²) in [5.74, 6) is 0.396. The first-order valence-corrected chi connectivity index (χ1v) is 6.34. The zero-order valence-corrected chi connectivity index (χ0v) is 11.6. The normalized spacial score (nSPS) is 17.5. The summed E-state index contributed by atoms with van der Waals surface area (Å²) in [6.45, 7) is 0.892. The summed E-state index contributed by atoms with van der Waals surface area (Å²) < 4.78 is 1.76. The first-order chi connectivity index (χ1) is 9.34. The van der Waals surface area contributed by atoms with Crippen LogP contribution in [0.3, 0.4) is 0 Å². The predicted molar refractivity (Wildman–Crippen MR) is 78.3 cm³/mol. The summed E-state index contributed by atoms with van der Waals surface area (Å²) in [5.41, 5.74) is 0.919. The smallest absolute Gasteiger partial charge is 0.243 e. The molecule has 0 aliphatic carbocycles. The van der Waals surface area contributed by atoms with Crippen molar-refractivity contribution < 1.29 is 4.79 Å². The Morgan fingerprint density at radius 1 is 1.35 bits per heavy atom. The van der Waals surface area contributed by atoms with Crippen LogP contribution in [0.15, 0.2) is 36.7 Å². The van der Waals surface area contributed by atoms with E-state index in [2.05, 4.69) is 20.8 Å². The molecule has 1 amide bonds. The van der Waals surface area contributed by atoms with Crippen LogP contribution in [0.2, 0.25) is 0 Å². The molecule has 2 heterocycles. The van der Waals surface area contributed by atoms with Gasteiger partial charge in [0.05, 0.1) is 11.7 Å². The number of benzene rings is 1. The number of amides is 1. The average molecular weight is 294 g/mol. The molecule has 1 unspecified atom stereocenters. The van der Waals surface area contributed by atoms with E-state index < -0.39 is 0 Å². The lowest BCUT2D eigenvalue weighted by atomic mass is 10.2. The van der Waals surface area contributed by atoms with Gasteiger partial charge in [-0.2, -0.15) is 0 Å². The van der Waals surface area contributed by atoms with Crippen LogP contribution in [-0.4, -0.2) is 33.3 Å². The first kappa shape index (κ1) is 14.5. The summed E-state index contributed by atoms with van der Waals surface area (Å²) in [7, 11) is 0. The van der Waals surface area contributed by atoms with Crippen molar-refractivity contribution in [2.24, 2.45) is 0 Å². The molecule has 106 valence electrons. The van der Waals surface area contributed by atoms with Crippen molar-refractivity contribution in [3.8, 4) is 5.69 Å². The molecule has 1 aromatic carbocycles. The van der Waals surface area contributed by atoms with Crippen molar-refractivity contribution in [2.45, 2.75) is 18.9 Å². The summed E-state index contributed by atoms with van der Waals surface area (Å²) >= 11 is 0. The fourth-order valence-corrected chi connectivity index (χ4v) is 2.20. The van der Waals surface area contributed by atoms with Gasteiger partial charge in [0, 0.05) is 0 Å². The highest BCUT2D eigenvalue weighted by molar-refractivity contribution is 5.93. The third-order valence-corrected chi connectivity index (χ3v) is 3.19. The highest BCUT2D eigenvalue weighted by Gasteiger charge is 2.23. The predicted octanol–water partition coefficient (Wildman–Crippen LogP) is 1.38. The molecule has 1 atom stereocenters. The maximum atomic E-state index is 12.0. The second kappa shape index (κ2) is 6.49. The Balaban J connectivity index is 0.00000147. The SMILES string of the molecule is Cl.O=C(Nc1nncn1-c1ccccc1)C1CCCN1. The van der Waals surface area contributed by atoms with Crippen LogP contribution < -0.4 is 10.6 Å². The Bertz CT molecular complexity index is 565. The molecule has 0 bridgehead atoms. The average Bonchev–Trinajstić information content (AvgIpc) is 3.11. The van der Waals surface area contributed by atoms with Crippen molar-refractivity contribution in [2.75, 3.05) is 11.9 Å². The van der Waals surface area contributed by atoms with Gasteiger partial charge in [-0.15, -0.1) is 22.6 Å². The number of nitrogens with zero attached hydrogens (tertiary/aromatic N) is 3. The number of nitrogens with one attached hydrogen (secondary N) is 2. The molecule has 20 heavy (non-hydrogen) atoms. The standard InChI is InChI=1S/C13H15N5O.ClH/c19-12(11-7-4-8-14-11)16-13-17-15-9-18(13)10-5-2-1-3-6-10;/h1-3,5-6,9,11,14H,4,7-8H2,(H,16,17,19);1H. The second-order valence-electron chi connectivity index (χ2n) is 4.50. The third kappa shape index (κ3) is 2.97. The Kier molecular flexibility index (Phi) is 4.70. The van der Waals surface area contributed by atoms with E-state index in [9.17, 15) is 4.79 Å². The molecular formula is C13H16ClN5O. The van der Waals surface area contributed by atoms with Crippen molar-refractivity contribution in [1.82, 2.24) is 20.1 Å². The van der Waals surface area contributed by atoms with Gasteiger partial charge in [0.1, 0.15) is 6.33 Å². The molecule has 3 rings (SSSR count). The summed E-state index contributed by atoms with van der Waals surface area (Å²) in [6, 6.07) is 9.55. The zero-order chi connectivity index (χ0) is 13.1. The van der Waals surface area contributed by atoms with E-state index in [0.29, 0.717) is 5.95 Å². The highest BCUT2D eigenvalue weighted by atomic mass is 35.5. The van der Waals surface area contributed by atoms with Crippen LogP contribution in [0, 0.1) is 0 Å². The van der Waals surface area contributed by atoms with Gasteiger partial charge in [0.15, 0.2) is 0 Å². The number of anilines is 1. The summed E-state index contributed by atoms with van der Waals surface area (Å²) in [6.07, 6.45) is 3.49. The maximum Gasteiger partial charge on any atom is 0.243 e. The molecule has 7 heteroatoms. The fourth-order valence-electron chi connectivity index (χ4n) is 2.20. The Morgan fingerprint density at radius 3 is 2.85 bits per heavy atom. The molecule has 1 aromatic heterocycles. The van der Waals surface area contributed by atoms with Gasteiger partial charge in [0.2, 0.25) is 11.9 Å². The lowest BCUT2D eigenvalue weighted by molar-refractivity contribution is -0.117. The van der Waals surface area contributed by atoms with Crippen molar-refractivity contribution in [1.29, 1.82) is 0 Å². The minimum Gasteiger partial charge on any atom is -0.306 e. The molecule has 1 aliphatic heterocycles. The maximum absolute atomic E-state index is 12.0. The molecule has 0 radical (unpaired) electrons. The van der Waals surface area contributed by atoms with Crippen molar-refractivity contribution >= 4 is 24.3 Å². The van der Waals surface area contributed by atoms with Gasteiger partial charge in [-0.25, -0.2) is 0 Å². The molecule has 1 fully saturated rings. The lowest BCUT2D eigenvalue weighted by Crippen LogP contribution is -2.36. The molecule has 2 aromatic rings. The molecule has 1 saturated heterocycles. The summed E-state index contributed by atoms with van der Waals surface area (Å²) in [4.78, 5) is 12.0. The van der Waals surface area contributed by atoms with Crippen LogP contribution in [0.4, 0.5) is 5.95 Å². The van der Waals surface area contributed by atoms with Gasteiger partial charge in [0.25, 0.3) is 0 Å². The first-order valence-electron chi connectivity index (χ1n) is 6.34. The molecule has 2 N–H and O–H groups in total. The number of carbonyl (C=O) groups is 1. The van der Waals surface area contributed by atoms with Crippen LogP contribution in [-0.2, 0) is 4.79 Å². The minimum absolute atomic E-state index is 0. The lowest BCUT2D eigenvalue weighted by Gasteiger charge is -2.11. The van der Waals surface area contributed by atoms with Crippen LogP contribution in [0.1, 0.15) is 12.8 Å². The number of hydrogen-bond acceptors (Lipinski definition) is 4. The van der Waals surface area contributed by atoms with E-state index >= 15 is 0 Å². The molecular weight excluding hydrogens is 278 g/mol. The molecule has 0 saturated carbocycles. The largest absolute Gasteiger partial charge is 0.306 e. The van der Waals surface area contributed by atoms with Crippen molar-refractivity contribution in [3.05, 3.63) is 36.7 Å². The van der Waals surface area contributed by atoms with Gasteiger partial charge in [-0.1, -0.05) is 18.2 Å². The summed E-state index contributed by atoms with van der Waals surface area (Å²) in [5, 5.41) is 13.8. The molecule has 0 spiro atoms. The van der Waals surface area contributed by atoms with E-state index in [4.69, 9.17) is 0 Å². The minimum atomic E-state index is -0.124. The fraction of sp³-hybridized carbons (Fsp3) is 0.308. The number of para-hydroxylation sites is 1. The Hall–Kier alpha value is -1.92. The number of rotatable bonds is 3. The van der Waals surface area contributed by atoms with E-state index in [1.165, 1.54) is 0 Å². The zero-order valence-electron chi connectivity index (χ0n) is 10.8. The molecule has 1 aliphatic rings. The third-order valence-electron chi connectivity index (χ3n) is 3.19. The van der Waals surface area contributed by atoms with Gasteiger partial charge >= 0.3 is 0 Å². The van der Waals surface area contributed by atoms with Gasteiger partial charge in [-0.3, -0.25) is 14.7 Å². The molecule has 6 nitrogen and oxygen atoms in total. The Labute approximate surface area is 123 Å². The topological polar surface area (TPSA) is 71.8 Å².